The van der Waals surface area contributed by atoms with Crippen molar-refractivity contribution in [1.82, 2.24) is 10.2 Å². The van der Waals surface area contributed by atoms with Crippen molar-refractivity contribution in [3.63, 3.8) is 0 Å². The molecule has 212 valence electrons. The largest absolute Gasteiger partial charge is 0.467 e. The van der Waals surface area contributed by atoms with Gasteiger partial charge in [0, 0.05) is 13.1 Å². The molecule has 0 aromatic carbocycles. The number of halogens is 4. The molecule has 0 aromatic rings. The summed E-state index contributed by atoms with van der Waals surface area (Å²) in [5, 5.41) is 4.86. The van der Waals surface area contributed by atoms with Crippen molar-refractivity contribution in [2.75, 3.05) is 34.1 Å². The molecule has 17 heteroatoms. The summed E-state index contributed by atoms with van der Waals surface area (Å²) in [5.74, 6) is -3.83. The number of ether oxygens (including phenoxy) is 3. The van der Waals surface area contributed by atoms with Gasteiger partial charge in [0.25, 0.3) is 12.9 Å². The Labute approximate surface area is 206 Å². The predicted molar refractivity (Wildman–Crippen MR) is 119 cm³/mol. The average molecular weight is 554 g/mol. The van der Waals surface area contributed by atoms with Crippen LogP contribution in [-0.2, 0) is 37.7 Å². The summed E-state index contributed by atoms with van der Waals surface area (Å²) in [7, 11) is -2.24. The zero-order valence-electron chi connectivity index (χ0n) is 20.6. The van der Waals surface area contributed by atoms with Crippen LogP contribution in [0.4, 0.5) is 17.6 Å². The lowest BCUT2D eigenvalue weighted by molar-refractivity contribution is -0.154. The Morgan fingerprint density at radius 3 is 1.56 bits per heavy atom. The number of rotatable bonds is 18. The molecule has 0 bridgehead atoms. The fourth-order valence-electron chi connectivity index (χ4n) is 2.67. The highest BCUT2D eigenvalue weighted by Gasteiger charge is 2.45. The Morgan fingerprint density at radius 2 is 1.25 bits per heavy atom. The van der Waals surface area contributed by atoms with E-state index >= 15 is 0 Å². The third-order valence-electron chi connectivity index (χ3n) is 4.99. The van der Waals surface area contributed by atoms with Crippen LogP contribution >= 0.6 is 7.67 Å². The summed E-state index contributed by atoms with van der Waals surface area (Å²) in [6.07, 6.45) is -7.93. The Morgan fingerprint density at radius 1 is 0.861 bits per heavy atom. The lowest BCUT2D eigenvalue weighted by atomic mass is 9.95. The molecule has 0 unspecified atom stereocenters. The molecule has 0 aliphatic rings. The van der Waals surface area contributed by atoms with Crippen molar-refractivity contribution in [2.24, 2.45) is 17.4 Å². The van der Waals surface area contributed by atoms with E-state index in [-0.39, 0.29) is 25.9 Å². The van der Waals surface area contributed by atoms with E-state index in [4.69, 9.17) is 20.7 Å². The van der Waals surface area contributed by atoms with Crippen LogP contribution < -0.4 is 21.6 Å². The van der Waals surface area contributed by atoms with Gasteiger partial charge in [-0.15, -0.1) is 0 Å². The summed E-state index contributed by atoms with van der Waals surface area (Å²) in [6.45, 7) is 1.82. The minimum atomic E-state index is -4.04. The zero-order chi connectivity index (χ0) is 28.2. The molecule has 0 aromatic heterocycles. The topological polar surface area (TPSA) is 181 Å². The summed E-state index contributed by atoms with van der Waals surface area (Å²) in [5.41, 5.74) is 5.72. The van der Waals surface area contributed by atoms with Crippen LogP contribution in [0.5, 0.6) is 0 Å². The number of nitrogens with two attached hydrogens (primary N) is 2. The first kappa shape index (κ1) is 34.2. The van der Waals surface area contributed by atoms with Crippen molar-refractivity contribution in [3.05, 3.63) is 0 Å². The number of esters is 3. The van der Waals surface area contributed by atoms with Gasteiger partial charge in [0.15, 0.2) is 11.1 Å². The first-order valence-electron chi connectivity index (χ1n) is 10.8. The molecule has 12 nitrogen and oxygen atoms in total. The van der Waals surface area contributed by atoms with E-state index in [1.807, 2.05) is 0 Å². The van der Waals surface area contributed by atoms with E-state index in [2.05, 4.69) is 19.6 Å². The van der Waals surface area contributed by atoms with Crippen LogP contribution in [0, 0.1) is 5.92 Å². The Bertz CT molecular complexity index is 734. The minimum absolute atomic E-state index is 0.184. The molecule has 0 saturated heterocycles. The van der Waals surface area contributed by atoms with Crippen LogP contribution in [0.25, 0.3) is 0 Å². The SMILES string of the molecule is COC(=O)[C@](N)(CCCNP(=O)(NCCC[C@@](N)(C(=O)OC)C(F)F)OCOC(=O)C(C)C)C(F)F. The van der Waals surface area contributed by atoms with Gasteiger partial charge >= 0.3 is 25.6 Å². The van der Waals surface area contributed by atoms with Gasteiger partial charge in [0.2, 0.25) is 6.79 Å². The molecule has 0 heterocycles. The summed E-state index contributed by atoms with van der Waals surface area (Å²) in [4.78, 5) is 34.8. The van der Waals surface area contributed by atoms with E-state index in [9.17, 15) is 36.5 Å². The van der Waals surface area contributed by atoms with Crippen molar-refractivity contribution >= 4 is 25.6 Å². The molecular formula is C19H35F4N4O8P. The van der Waals surface area contributed by atoms with Gasteiger partial charge in [-0.2, -0.15) is 0 Å². The standard InChI is InChI=1S/C19H35F4N4O8P/c1-12(2)13(28)34-11-35-36(31,26-9-5-7-18(24,14(20)21)16(29)32-3)27-10-6-8-19(25,15(22)23)17(30)33-4/h12,14-15H,5-11,24-25H2,1-4H3,(H2,26,27,31)/t18-,19-/m0/s1. The zero-order valence-corrected chi connectivity index (χ0v) is 21.5. The second-order valence-electron chi connectivity index (χ2n) is 8.11. The Kier molecular flexibility index (Phi) is 14.6. The van der Waals surface area contributed by atoms with Crippen molar-refractivity contribution in [2.45, 2.75) is 63.5 Å². The average Bonchev–Trinajstić information content (AvgIpc) is 2.82. The lowest BCUT2D eigenvalue weighted by Crippen LogP contribution is -2.55. The summed E-state index contributed by atoms with van der Waals surface area (Å²) >= 11 is 0. The van der Waals surface area contributed by atoms with Gasteiger partial charge in [-0.05, 0) is 25.7 Å². The van der Waals surface area contributed by atoms with Crippen LogP contribution in [-0.4, -0.2) is 75.9 Å². The molecule has 0 fully saturated rings. The number of hydrogen-bond donors (Lipinski definition) is 4. The molecular weight excluding hydrogens is 519 g/mol. The number of methoxy groups -OCH3 is 2. The van der Waals surface area contributed by atoms with Gasteiger partial charge in [0.1, 0.15) is 0 Å². The molecule has 6 N–H and O–H groups in total. The molecule has 0 amide bonds. The normalized spacial score (nSPS) is 15.5. The number of hydrogen-bond acceptors (Lipinski definition) is 10. The summed E-state index contributed by atoms with van der Waals surface area (Å²) < 4.78 is 84.6. The number of carbonyl (C=O) groups excluding carboxylic acids is 3. The van der Waals surface area contributed by atoms with Gasteiger partial charge < -0.3 is 25.7 Å². The van der Waals surface area contributed by atoms with Gasteiger partial charge in [-0.3, -0.25) is 13.9 Å². The fourth-order valence-corrected chi connectivity index (χ4v) is 4.07. The molecule has 36 heavy (non-hydrogen) atoms. The first-order chi connectivity index (χ1) is 16.6. The van der Waals surface area contributed by atoms with Crippen LogP contribution in [0.15, 0.2) is 0 Å². The molecule has 0 radical (unpaired) electrons. The van der Waals surface area contributed by atoms with Crippen LogP contribution in [0.3, 0.4) is 0 Å². The fraction of sp³-hybridized carbons (Fsp3) is 0.842. The van der Waals surface area contributed by atoms with E-state index in [1.165, 1.54) is 0 Å². The Hall–Kier alpha value is -1.84. The monoisotopic (exact) mass is 554 g/mol. The highest BCUT2D eigenvalue weighted by Crippen LogP contribution is 2.37. The first-order valence-corrected chi connectivity index (χ1v) is 12.4. The second kappa shape index (κ2) is 15.4. The lowest BCUT2D eigenvalue weighted by Gasteiger charge is -2.27. The van der Waals surface area contributed by atoms with Crippen LogP contribution in [0.2, 0.25) is 0 Å². The van der Waals surface area contributed by atoms with E-state index < -0.39 is 75.1 Å². The van der Waals surface area contributed by atoms with Crippen LogP contribution in [0.1, 0.15) is 39.5 Å². The third kappa shape index (κ3) is 10.3. The van der Waals surface area contributed by atoms with Crippen molar-refractivity contribution in [3.8, 4) is 0 Å². The van der Waals surface area contributed by atoms with Crippen molar-refractivity contribution in [1.29, 1.82) is 0 Å². The smallest absolute Gasteiger partial charge is 0.343 e. The summed E-state index contributed by atoms with van der Waals surface area (Å²) in [6, 6.07) is 0. The molecule has 0 aliphatic heterocycles. The minimum Gasteiger partial charge on any atom is -0.467 e. The number of carbonyl (C=O) groups is 3. The van der Waals surface area contributed by atoms with Gasteiger partial charge in [-0.25, -0.2) is 37.3 Å². The maximum Gasteiger partial charge on any atom is 0.343 e. The van der Waals surface area contributed by atoms with Crippen molar-refractivity contribution < 1.29 is 55.2 Å². The molecule has 0 aliphatic carbocycles. The van der Waals surface area contributed by atoms with E-state index in [0.29, 0.717) is 0 Å². The quantitative estimate of drug-likeness (QED) is 0.0477. The molecule has 0 saturated carbocycles. The van der Waals surface area contributed by atoms with Gasteiger partial charge in [0.05, 0.1) is 20.1 Å². The predicted octanol–water partition coefficient (Wildman–Crippen LogP) is 1.28. The Balaban J connectivity index is 5.16. The molecule has 0 spiro atoms. The molecule has 0 rings (SSSR count). The molecule has 2 atom stereocenters. The van der Waals surface area contributed by atoms with Gasteiger partial charge in [-0.1, -0.05) is 13.8 Å². The van der Waals surface area contributed by atoms with E-state index in [0.717, 1.165) is 14.2 Å². The number of nitrogens with one attached hydrogen (secondary N) is 2. The van der Waals surface area contributed by atoms with E-state index in [1.54, 1.807) is 13.8 Å². The highest BCUT2D eigenvalue weighted by molar-refractivity contribution is 7.54. The maximum absolute atomic E-state index is 13.2. The highest BCUT2D eigenvalue weighted by atomic mass is 31.2. The second-order valence-corrected chi connectivity index (χ2v) is 10.1. The number of alkyl halides is 4. The third-order valence-corrected chi connectivity index (χ3v) is 6.74. The maximum atomic E-state index is 13.2.